The Bertz CT molecular complexity index is 846. The van der Waals surface area contributed by atoms with Gasteiger partial charge in [0.1, 0.15) is 5.75 Å². The molecule has 132 valence electrons. The molecule has 26 heavy (non-hydrogen) atoms. The smallest absolute Gasteiger partial charge is 0.262 e. The normalized spacial score (nSPS) is 10.2. The number of ether oxygens (including phenoxy) is 1. The predicted octanol–water partition coefficient (Wildman–Crippen LogP) is 4.62. The van der Waals surface area contributed by atoms with Crippen LogP contribution in [0.3, 0.4) is 0 Å². The van der Waals surface area contributed by atoms with Gasteiger partial charge in [0.15, 0.2) is 6.61 Å². The first-order valence-electron chi connectivity index (χ1n) is 8.56. The van der Waals surface area contributed by atoms with E-state index >= 15 is 0 Å². The molecule has 3 rings (SSSR count). The highest BCUT2D eigenvalue weighted by atomic mass is 16.5. The highest BCUT2D eigenvalue weighted by Gasteiger charge is 2.04. The van der Waals surface area contributed by atoms with Crippen LogP contribution in [0.25, 0.3) is 0 Å². The molecular weight excluding hydrogens is 324 g/mol. The van der Waals surface area contributed by atoms with Crippen molar-refractivity contribution in [2.45, 2.75) is 13.5 Å². The molecule has 3 aromatic rings. The van der Waals surface area contributed by atoms with Gasteiger partial charge in [0.2, 0.25) is 0 Å². The maximum Gasteiger partial charge on any atom is 0.262 e. The molecule has 4 heteroatoms. The first-order chi connectivity index (χ1) is 12.7. The number of anilines is 2. The zero-order valence-corrected chi connectivity index (χ0v) is 14.7. The maximum absolute atomic E-state index is 12.0. The van der Waals surface area contributed by atoms with Crippen LogP contribution in [0.2, 0.25) is 0 Å². The third-order valence-electron chi connectivity index (χ3n) is 3.87. The van der Waals surface area contributed by atoms with Gasteiger partial charge in [-0.25, -0.2) is 0 Å². The minimum Gasteiger partial charge on any atom is -0.484 e. The number of nitrogens with one attached hydrogen (secondary N) is 2. The molecule has 3 aromatic carbocycles. The van der Waals surface area contributed by atoms with Crippen molar-refractivity contribution in [3.63, 3.8) is 0 Å². The summed E-state index contributed by atoms with van der Waals surface area (Å²) in [6.45, 7) is 2.70. The van der Waals surface area contributed by atoms with Crippen LogP contribution in [-0.2, 0) is 11.3 Å². The van der Waals surface area contributed by atoms with Crippen LogP contribution in [0.4, 0.5) is 11.4 Å². The number of aryl methyl sites for hydroxylation is 1. The van der Waals surface area contributed by atoms with E-state index in [4.69, 9.17) is 4.74 Å². The van der Waals surface area contributed by atoms with Gasteiger partial charge in [0.05, 0.1) is 0 Å². The summed E-state index contributed by atoms with van der Waals surface area (Å²) in [6.07, 6.45) is 0. The van der Waals surface area contributed by atoms with E-state index in [0.29, 0.717) is 5.75 Å². The number of benzene rings is 3. The molecular formula is C22H22N2O2. The number of rotatable bonds is 7. The Kier molecular flexibility index (Phi) is 5.88. The number of carbonyl (C=O) groups excluding carboxylic acids is 1. The molecule has 2 N–H and O–H groups in total. The monoisotopic (exact) mass is 346 g/mol. The summed E-state index contributed by atoms with van der Waals surface area (Å²) in [4.78, 5) is 12.0. The molecule has 0 radical (unpaired) electrons. The van der Waals surface area contributed by atoms with Gasteiger partial charge in [-0.05, 0) is 54.4 Å². The van der Waals surface area contributed by atoms with Gasteiger partial charge in [0.25, 0.3) is 5.91 Å². The topological polar surface area (TPSA) is 50.4 Å². The summed E-state index contributed by atoms with van der Waals surface area (Å²) in [5.41, 5.74) is 4.11. The first kappa shape index (κ1) is 17.5. The van der Waals surface area contributed by atoms with Gasteiger partial charge >= 0.3 is 0 Å². The molecule has 0 spiro atoms. The molecule has 0 aliphatic heterocycles. The predicted molar refractivity (Wildman–Crippen MR) is 106 cm³/mol. The van der Waals surface area contributed by atoms with Crippen molar-refractivity contribution in [2.24, 2.45) is 0 Å². The molecule has 0 aliphatic rings. The molecule has 0 atom stereocenters. The van der Waals surface area contributed by atoms with Crippen LogP contribution in [0.5, 0.6) is 5.75 Å². The van der Waals surface area contributed by atoms with Crippen LogP contribution < -0.4 is 15.4 Å². The number of hydrogen-bond acceptors (Lipinski definition) is 3. The van der Waals surface area contributed by atoms with Gasteiger partial charge in [-0.15, -0.1) is 0 Å². The van der Waals surface area contributed by atoms with Crippen LogP contribution in [-0.4, -0.2) is 12.5 Å². The molecule has 0 saturated heterocycles. The Balaban J connectivity index is 1.46. The fourth-order valence-electron chi connectivity index (χ4n) is 2.53. The molecule has 1 amide bonds. The van der Waals surface area contributed by atoms with Crippen molar-refractivity contribution < 1.29 is 9.53 Å². The van der Waals surface area contributed by atoms with E-state index in [9.17, 15) is 4.79 Å². The van der Waals surface area contributed by atoms with E-state index in [1.165, 1.54) is 0 Å². The Hall–Kier alpha value is -3.27. The lowest BCUT2D eigenvalue weighted by molar-refractivity contribution is -0.118. The van der Waals surface area contributed by atoms with Crippen LogP contribution >= 0.6 is 0 Å². The molecule has 4 nitrogen and oxygen atoms in total. The highest BCUT2D eigenvalue weighted by Crippen LogP contribution is 2.15. The largest absolute Gasteiger partial charge is 0.484 e. The second kappa shape index (κ2) is 8.72. The fraction of sp³-hybridized carbons (Fsp3) is 0.136. The second-order valence-electron chi connectivity index (χ2n) is 6.07. The van der Waals surface area contributed by atoms with E-state index in [1.807, 2.05) is 85.8 Å². The van der Waals surface area contributed by atoms with E-state index in [2.05, 4.69) is 10.6 Å². The van der Waals surface area contributed by atoms with Crippen molar-refractivity contribution in [3.8, 4) is 5.75 Å². The minimum atomic E-state index is -0.176. The Labute approximate surface area is 153 Å². The highest BCUT2D eigenvalue weighted by molar-refractivity contribution is 5.91. The van der Waals surface area contributed by atoms with Crippen LogP contribution in [0.1, 0.15) is 11.1 Å². The van der Waals surface area contributed by atoms with Gasteiger partial charge in [0, 0.05) is 17.9 Å². The number of para-hydroxylation sites is 1. The van der Waals surface area contributed by atoms with Gasteiger partial charge in [-0.2, -0.15) is 0 Å². The van der Waals surface area contributed by atoms with Crippen molar-refractivity contribution >= 4 is 17.3 Å². The molecule has 0 saturated carbocycles. The average Bonchev–Trinajstić information content (AvgIpc) is 2.66. The van der Waals surface area contributed by atoms with E-state index in [1.54, 1.807) is 0 Å². The number of carbonyl (C=O) groups is 1. The number of hydrogen-bond donors (Lipinski definition) is 2. The van der Waals surface area contributed by atoms with Crippen molar-refractivity contribution in [1.82, 2.24) is 0 Å². The third-order valence-corrected chi connectivity index (χ3v) is 3.87. The quantitative estimate of drug-likeness (QED) is 0.656. The van der Waals surface area contributed by atoms with Crippen molar-refractivity contribution in [3.05, 3.63) is 90.0 Å². The lowest BCUT2D eigenvalue weighted by atomic mass is 10.2. The lowest BCUT2D eigenvalue weighted by Gasteiger charge is -2.09. The minimum absolute atomic E-state index is 0.0183. The SMILES string of the molecule is Cc1cccc(NC(=O)COc2ccc(CNc3ccccc3)cc2)c1. The van der Waals surface area contributed by atoms with Gasteiger partial charge in [-0.1, -0.05) is 42.5 Å². The van der Waals surface area contributed by atoms with E-state index in [-0.39, 0.29) is 12.5 Å². The van der Waals surface area contributed by atoms with E-state index in [0.717, 1.165) is 29.0 Å². The molecule has 0 fully saturated rings. The van der Waals surface area contributed by atoms with Gasteiger partial charge < -0.3 is 15.4 Å². The second-order valence-corrected chi connectivity index (χ2v) is 6.07. The zero-order chi connectivity index (χ0) is 18.2. The number of amides is 1. The summed E-state index contributed by atoms with van der Waals surface area (Å²) in [7, 11) is 0. The zero-order valence-electron chi connectivity index (χ0n) is 14.7. The molecule has 0 aromatic heterocycles. The van der Waals surface area contributed by atoms with Crippen LogP contribution in [0, 0.1) is 6.92 Å². The summed E-state index contributed by atoms with van der Waals surface area (Å²) in [6, 6.07) is 25.5. The standard InChI is InChI=1S/C22H22N2O2/c1-17-6-5-9-20(14-17)24-22(25)16-26-21-12-10-18(11-13-21)15-23-19-7-3-2-4-8-19/h2-14,23H,15-16H2,1H3,(H,24,25). The summed E-state index contributed by atoms with van der Waals surface area (Å²) >= 11 is 0. The molecule has 0 bridgehead atoms. The fourth-order valence-corrected chi connectivity index (χ4v) is 2.53. The average molecular weight is 346 g/mol. The first-order valence-corrected chi connectivity index (χ1v) is 8.56. The van der Waals surface area contributed by atoms with Crippen LogP contribution in [0.15, 0.2) is 78.9 Å². The Morgan fingerprint density at radius 2 is 1.62 bits per heavy atom. The van der Waals surface area contributed by atoms with Crippen molar-refractivity contribution in [1.29, 1.82) is 0 Å². The van der Waals surface area contributed by atoms with E-state index < -0.39 is 0 Å². The summed E-state index contributed by atoms with van der Waals surface area (Å²) in [5, 5.41) is 6.19. The summed E-state index contributed by atoms with van der Waals surface area (Å²) < 4.78 is 5.56. The maximum atomic E-state index is 12.0. The lowest BCUT2D eigenvalue weighted by Crippen LogP contribution is -2.20. The molecule has 0 unspecified atom stereocenters. The Morgan fingerprint density at radius 1 is 0.885 bits per heavy atom. The summed E-state index contributed by atoms with van der Waals surface area (Å²) in [5.74, 6) is 0.498. The molecule has 0 heterocycles. The molecule has 0 aliphatic carbocycles. The van der Waals surface area contributed by atoms with Gasteiger partial charge in [-0.3, -0.25) is 4.79 Å². The Morgan fingerprint density at radius 3 is 2.35 bits per heavy atom. The van der Waals surface area contributed by atoms with Crippen molar-refractivity contribution in [2.75, 3.05) is 17.2 Å². The third kappa shape index (κ3) is 5.38.